The van der Waals surface area contributed by atoms with Gasteiger partial charge in [-0.15, -0.1) is 0 Å². The van der Waals surface area contributed by atoms with E-state index in [0.717, 1.165) is 31.3 Å². The highest BCUT2D eigenvalue weighted by molar-refractivity contribution is 5.60. The maximum absolute atomic E-state index is 4.62. The lowest BCUT2D eigenvalue weighted by atomic mass is 10.0. The summed E-state index contributed by atoms with van der Waals surface area (Å²) in [5.74, 6) is 3.70. The van der Waals surface area contributed by atoms with E-state index >= 15 is 0 Å². The standard InChI is InChI=1S/C17H32N4/c1-8-18-16-15(14(6)7)17(20-11-19-16)21(9-12(2)3)10-13(4)5/h11-14H,8-10H2,1-7H3,(H,18,19,20). The van der Waals surface area contributed by atoms with Crippen molar-refractivity contribution in [2.45, 2.75) is 54.4 Å². The molecule has 0 atom stereocenters. The lowest BCUT2D eigenvalue weighted by molar-refractivity contribution is 0.545. The van der Waals surface area contributed by atoms with Crippen LogP contribution in [0.15, 0.2) is 6.33 Å². The maximum atomic E-state index is 4.62. The van der Waals surface area contributed by atoms with E-state index in [-0.39, 0.29) is 0 Å². The van der Waals surface area contributed by atoms with Crippen molar-refractivity contribution in [2.75, 3.05) is 29.9 Å². The average molecular weight is 292 g/mol. The van der Waals surface area contributed by atoms with Crippen LogP contribution in [-0.2, 0) is 0 Å². The summed E-state index contributed by atoms with van der Waals surface area (Å²) in [6, 6.07) is 0. The predicted molar refractivity (Wildman–Crippen MR) is 92.2 cm³/mol. The van der Waals surface area contributed by atoms with Gasteiger partial charge in [-0.2, -0.15) is 0 Å². The molecule has 1 aromatic rings. The number of hydrogen-bond donors (Lipinski definition) is 1. The van der Waals surface area contributed by atoms with Gasteiger partial charge >= 0.3 is 0 Å². The predicted octanol–water partition coefficient (Wildman–Crippen LogP) is 4.15. The molecule has 1 N–H and O–H groups in total. The minimum atomic E-state index is 0.400. The Hall–Kier alpha value is -1.32. The van der Waals surface area contributed by atoms with Crippen molar-refractivity contribution in [1.82, 2.24) is 9.97 Å². The van der Waals surface area contributed by atoms with Gasteiger partial charge in [-0.25, -0.2) is 9.97 Å². The molecule has 0 unspecified atom stereocenters. The third-order valence-electron chi connectivity index (χ3n) is 3.26. The van der Waals surface area contributed by atoms with Gasteiger partial charge < -0.3 is 10.2 Å². The van der Waals surface area contributed by atoms with Crippen LogP contribution in [0.25, 0.3) is 0 Å². The van der Waals surface area contributed by atoms with Gasteiger partial charge in [-0.05, 0) is 24.7 Å². The molecule has 0 aromatic carbocycles. The fraction of sp³-hybridized carbons (Fsp3) is 0.765. The van der Waals surface area contributed by atoms with Gasteiger partial charge in [0.1, 0.15) is 18.0 Å². The molecule has 0 bridgehead atoms. The van der Waals surface area contributed by atoms with Gasteiger partial charge in [0.05, 0.1) is 0 Å². The summed E-state index contributed by atoms with van der Waals surface area (Å²) in [6.07, 6.45) is 1.69. The second-order valence-corrected chi connectivity index (χ2v) is 6.84. The van der Waals surface area contributed by atoms with Crippen molar-refractivity contribution < 1.29 is 0 Å². The van der Waals surface area contributed by atoms with Crippen LogP contribution in [0, 0.1) is 11.8 Å². The first-order valence-electron chi connectivity index (χ1n) is 8.20. The quantitative estimate of drug-likeness (QED) is 0.781. The summed E-state index contributed by atoms with van der Waals surface area (Å²) in [5.41, 5.74) is 1.24. The maximum Gasteiger partial charge on any atom is 0.137 e. The Morgan fingerprint density at radius 3 is 2.00 bits per heavy atom. The molecule has 4 heteroatoms. The Kier molecular flexibility index (Phi) is 6.93. The van der Waals surface area contributed by atoms with Crippen LogP contribution in [0.2, 0.25) is 0 Å². The lowest BCUT2D eigenvalue weighted by Gasteiger charge is -2.30. The van der Waals surface area contributed by atoms with Crippen molar-refractivity contribution in [2.24, 2.45) is 11.8 Å². The zero-order chi connectivity index (χ0) is 16.0. The fourth-order valence-electron chi connectivity index (χ4n) is 2.61. The molecule has 1 rings (SSSR count). The summed E-state index contributed by atoms with van der Waals surface area (Å²) in [5, 5.41) is 3.38. The van der Waals surface area contributed by atoms with Gasteiger partial charge in [0.15, 0.2) is 0 Å². The second-order valence-electron chi connectivity index (χ2n) is 6.84. The molecule has 0 saturated carbocycles. The number of nitrogens with one attached hydrogen (secondary N) is 1. The molecule has 0 amide bonds. The van der Waals surface area contributed by atoms with E-state index in [1.807, 2.05) is 0 Å². The molecule has 21 heavy (non-hydrogen) atoms. The number of rotatable bonds is 8. The van der Waals surface area contributed by atoms with Crippen LogP contribution in [0.4, 0.5) is 11.6 Å². The molecule has 0 aliphatic carbocycles. The second kappa shape index (κ2) is 8.20. The van der Waals surface area contributed by atoms with Gasteiger partial charge in [-0.3, -0.25) is 0 Å². The highest BCUT2D eigenvalue weighted by atomic mass is 15.2. The normalized spacial score (nSPS) is 11.5. The van der Waals surface area contributed by atoms with Crippen LogP contribution in [0.1, 0.15) is 59.9 Å². The summed E-state index contributed by atoms with van der Waals surface area (Å²) in [4.78, 5) is 11.5. The molecule has 0 aliphatic heterocycles. The monoisotopic (exact) mass is 292 g/mol. The first-order valence-corrected chi connectivity index (χ1v) is 8.20. The summed E-state index contributed by atoms with van der Waals surface area (Å²) in [6.45, 7) is 18.5. The van der Waals surface area contributed by atoms with E-state index in [1.165, 1.54) is 5.56 Å². The SMILES string of the molecule is CCNc1ncnc(N(CC(C)C)CC(C)C)c1C(C)C. The van der Waals surface area contributed by atoms with Crippen molar-refractivity contribution in [3.05, 3.63) is 11.9 Å². The number of hydrogen-bond acceptors (Lipinski definition) is 4. The van der Waals surface area contributed by atoms with Crippen LogP contribution in [-0.4, -0.2) is 29.6 Å². The van der Waals surface area contributed by atoms with Crippen LogP contribution in [0.3, 0.4) is 0 Å². The van der Waals surface area contributed by atoms with Gasteiger partial charge in [-0.1, -0.05) is 41.5 Å². The van der Waals surface area contributed by atoms with Crippen LogP contribution >= 0.6 is 0 Å². The highest BCUT2D eigenvalue weighted by Gasteiger charge is 2.20. The third-order valence-corrected chi connectivity index (χ3v) is 3.26. The first-order chi connectivity index (χ1) is 9.86. The molecular formula is C17H32N4. The minimum Gasteiger partial charge on any atom is -0.370 e. The zero-order valence-electron chi connectivity index (χ0n) is 14.8. The number of aromatic nitrogens is 2. The van der Waals surface area contributed by atoms with E-state index in [2.05, 4.69) is 68.7 Å². The van der Waals surface area contributed by atoms with Crippen LogP contribution in [0.5, 0.6) is 0 Å². The molecule has 0 spiro atoms. The zero-order valence-corrected chi connectivity index (χ0v) is 14.8. The summed E-state index contributed by atoms with van der Waals surface area (Å²) in [7, 11) is 0. The molecule has 0 saturated heterocycles. The smallest absolute Gasteiger partial charge is 0.137 e. The molecule has 1 aromatic heterocycles. The summed E-state index contributed by atoms with van der Waals surface area (Å²) < 4.78 is 0. The Bertz CT molecular complexity index is 417. The fourth-order valence-corrected chi connectivity index (χ4v) is 2.61. The van der Waals surface area contributed by atoms with Crippen molar-refractivity contribution in [3.63, 3.8) is 0 Å². The van der Waals surface area contributed by atoms with E-state index in [4.69, 9.17) is 0 Å². The minimum absolute atomic E-state index is 0.400. The number of nitrogens with zero attached hydrogens (tertiary/aromatic N) is 3. The van der Waals surface area contributed by atoms with Gasteiger partial charge in [0.25, 0.3) is 0 Å². The van der Waals surface area contributed by atoms with Crippen LogP contribution < -0.4 is 10.2 Å². The molecular weight excluding hydrogens is 260 g/mol. The van der Waals surface area contributed by atoms with E-state index < -0.39 is 0 Å². The molecule has 0 fully saturated rings. The molecule has 120 valence electrons. The molecule has 0 radical (unpaired) electrons. The van der Waals surface area contributed by atoms with Gasteiger partial charge in [0.2, 0.25) is 0 Å². The molecule has 0 aliphatic rings. The first kappa shape index (κ1) is 17.7. The lowest BCUT2D eigenvalue weighted by Crippen LogP contribution is -2.33. The Balaban J connectivity index is 3.24. The van der Waals surface area contributed by atoms with Crippen molar-refractivity contribution in [3.8, 4) is 0 Å². The molecule has 1 heterocycles. The van der Waals surface area contributed by atoms with E-state index in [0.29, 0.717) is 17.8 Å². The van der Waals surface area contributed by atoms with Crippen molar-refractivity contribution in [1.29, 1.82) is 0 Å². The van der Waals surface area contributed by atoms with E-state index in [9.17, 15) is 0 Å². The van der Waals surface area contributed by atoms with E-state index in [1.54, 1.807) is 6.33 Å². The topological polar surface area (TPSA) is 41.1 Å². The Morgan fingerprint density at radius 2 is 1.57 bits per heavy atom. The number of anilines is 2. The van der Waals surface area contributed by atoms with Crippen molar-refractivity contribution >= 4 is 11.6 Å². The Morgan fingerprint density at radius 1 is 1.00 bits per heavy atom. The van der Waals surface area contributed by atoms with Gasteiger partial charge in [0, 0.05) is 25.2 Å². The highest BCUT2D eigenvalue weighted by Crippen LogP contribution is 2.31. The largest absolute Gasteiger partial charge is 0.370 e. The third kappa shape index (κ3) is 5.18. The average Bonchev–Trinajstić information content (AvgIpc) is 2.36. The summed E-state index contributed by atoms with van der Waals surface area (Å²) >= 11 is 0. The Labute approximate surface area is 130 Å². The molecule has 4 nitrogen and oxygen atoms in total.